The monoisotopic (exact) mass is 729 g/mol. The lowest BCUT2D eigenvalue weighted by Crippen LogP contribution is -2.40. The number of nitrogens with zero attached hydrogens (tertiary/aromatic N) is 4. The van der Waals surface area contributed by atoms with E-state index in [1.165, 1.54) is 60.0 Å². The van der Waals surface area contributed by atoms with Gasteiger partial charge in [0.25, 0.3) is 5.56 Å². The van der Waals surface area contributed by atoms with E-state index >= 15 is 0 Å². The molecule has 0 radical (unpaired) electrons. The first-order valence-corrected chi connectivity index (χ1v) is 19.9. The summed E-state index contributed by atoms with van der Waals surface area (Å²) in [5, 5.41) is 5.08. The van der Waals surface area contributed by atoms with Crippen molar-refractivity contribution < 1.29 is 4.58 Å². The van der Waals surface area contributed by atoms with Gasteiger partial charge in [0.1, 0.15) is 6.54 Å². The van der Waals surface area contributed by atoms with Crippen molar-refractivity contribution in [3.8, 4) is 0 Å². The Morgan fingerprint density at radius 2 is 1.40 bits per heavy atom. The summed E-state index contributed by atoms with van der Waals surface area (Å²) < 4.78 is 5.32. The SMILES string of the molecule is CCN1/C(=C/C=C2\CCCC(/C=C/C3=[N+](CC)c4ccc5ccccc5c4C3(C)C)=C2c2c(C)n(C)c(=O)n(C)c2=O)C(C)(C)c2c1ccc1ccccc21. The van der Waals surface area contributed by atoms with Crippen LogP contribution in [0.3, 0.4) is 0 Å². The van der Waals surface area contributed by atoms with Gasteiger partial charge in [0.05, 0.1) is 11.0 Å². The van der Waals surface area contributed by atoms with Crippen LogP contribution in [0.5, 0.6) is 0 Å². The van der Waals surface area contributed by atoms with Crippen LogP contribution in [-0.4, -0.2) is 32.5 Å². The summed E-state index contributed by atoms with van der Waals surface area (Å²) >= 11 is 0. The maximum atomic E-state index is 14.3. The second-order valence-corrected chi connectivity index (χ2v) is 16.5. The maximum absolute atomic E-state index is 14.3. The molecule has 1 aliphatic carbocycles. The zero-order valence-corrected chi connectivity index (χ0v) is 33.9. The number of hydrogen-bond acceptors (Lipinski definition) is 3. The van der Waals surface area contributed by atoms with Crippen LogP contribution in [0.15, 0.2) is 124 Å². The molecule has 280 valence electrons. The van der Waals surface area contributed by atoms with Crippen molar-refractivity contribution in [1.82, 2.24) is 9.13 Å². The highest BCUT2D eigenvalue weighted by Crippen LogP contribution is 2.51. The minimum Gasteiger partial charge on any atom is -0.344 e. The summed E-state index contributed by atoms with van der Waals surface area (Å²) in [6.45, 7) is 17.4. The average Bonchev–Trinajstić information content (AvgIpc) is 3.56. The van der Waals surface area contributed by atoms with Crippen molar-refractivity contribution in [3.63, 3.8) is 0 Å². The van der Waals surface area contributed by atoms with Crippen LogP contribution in [0.1, 0.15) is 83.2 Å². The van der Waals surface area contributed by atoms with Crippen molar-refractivity contribution in [2.45, 2.75) is 78.6 Å². The van der Waals surface area contributed by atoms with Crippen molar-refractivity contribution in [2.75, 3.05) is 18.0 Å². The van der Waals surface area contributed by atoms with Crippen LogP contribution in [0, 0.1) is 6.92 Å². The molecule has 2 aliphatic heterocycles. The van der Waals surface area contributed by atoms with Crippen LogP contribution in [-0.2, 0) is 24.9 Å². The summed E-state index contributed by atoms with van der Waals surface area (Å²) in [5.41, 5.74) is 11.2. The van der Waals surface area contributed by atoms with E-state index in [0.717, 1.165) is 49.1 Å². The second-order valence-electron chi connectivity index (χ2n) is 16.5. The fourth-order valence-corrected chi connectivity index (χ4v) is 9.92. The van der Waals surface area contributed by atoms with E-state index in [-0.39, 0.29) is 22.1 Å². The average molecular weight is 730 g/mol. The molecule has 5 aromatic rings. The molecule has 0 N–H and O–H groups in total. The summed E-state index contributed by atoms with van der Waals surface area (Å²) in [7, 11) is 3.36. The van der Waals surface area contributed by atoms with Gasteiger partial charge >= 0.3 is 5.69 Å². The summed E-state index contributed by atoms with van der Waals surface area (Å²) in [6, 6.07) is 26.4. The molecule has 0 saturated carbocycles. The number of rotatable bonds is 6. The molecule has 0 atom stereocenters. The predicted octanol–water partition coefficient (Wildman–Crippen LogP) is 9.92. The Kier molecular flexibility index (Phi) is 8.87. The Morgan fingerprint density at radius 1 is 0.745 bits per heavy atom. The molecule has 6 nitrogen and oxygen atoms in total. The smallest absolute Gasteiger partial charge is 0.330 e. The van der Waals surface area contributed by atoms with Gasteiger partial charge in [-0.15, -0.1) is 0 Å². The van der Waals surface area contributed by atoms with Crippen LogP contribution >= 0.6 is 0 Å². The Labute approximate surface area is 324 Å². The topological polar surface area (TPSA) is 50.2 Å². The third-order valence-corrected chi connectivity index (χ3v) is 12.8. The molecule has 0 bridgehead atoms. The van der Waals surface area contributed by atoms with Crippen LogP contribution < -0.4 is 16.1 Å². The van der Waals surface area contributed by atoms with E-state index in [9.17, 15) is 9.59 Å². The highest BCUT2D eigenvalue weighted by molar-refractivity contribution is 6.08. The molecule has 3 aliphatic rings. The Morgan fingerprint density at radius 3 is 2.07 bits per heavy atom. The fourth-order valence-electron chi connectivity index (χ4n) is 9.92. The van der Waals surface area contributed by atoms with Gasteiger partial charge in [0.15, 0.2) is 5.71 Å². The van der Waals surface area contributed by atoms with E-state index in [4.69, 9.17) is 0 Å². The molecule has 3 heterocycles. The molecule has 6 heteroatoms. The molecular formula is C49H53N4O2+. The van der Waals surface area contributed by atoms with Crippen LogP contribution in [0.4, 0.5) is 11.4 Å². The summed E-state index contributed by atoms with van der Waals surface area (Å²) in [6.07, 6.45) is 11.8. The second kappa shape index (κ2) is 13.4. The van der Waals surface area contributed by atoms with Crippen molar-refractivity contribution in [3.05, 3.63) is 157 Å². The van der Waals surface area contributed by atoms with Gasteiger partial charge in [-0.05, 0) is 116 Å². The molecule has 0 amide bonds. The third kappa shape index (κ3) is 5.47. The van der Waals surface area contributed by atoms with Crippen molar-refractivity contribution in [1.29, 1.82) is 0 Å². The zero-order valence-electron chi connectivity index (χ0n) is 33.9. The molecule has 0 saturated heterocycles. The van der Waals surface area contributed by atoms with Crippen molar-refractivity contribution >= 4 is 44.2 Å². The minimum absolute atomic E-state index is 0.235. The first kappa shape index (κ1) is 36.5. The highest BCUT2D eigenvalue weighted by atomic mass is 16.2. The first-order valence-electron chi connectivity index (χ1n) is 19.9. The first-order chi connectivity index (χ1) is 26.3. The number of aromatic nitrogens is 2. The maximum Gasteiger partial charge on any atom is 0.330 e. The van der Waals surface area contributed by atoms with E-state index in [2.05, 4.69) is 148 Å². The number of benzene rings is 4. The van der Waals surface area contributed by atoms with E-state index in [1.807, 2.05) is 6.92 Å². The zero-order chi connectivity index (χ0) is 39.0. The quantitative estimate of drug-likeness (QED) is 0.164. The number of anilines is 1. The third-order valence-electron chi connectivity index (χ3n) is 12.8. The number of hydrogen-bond donors (Lipinski definition) is 0. The molecule has 0 spiro atoms. The van der Waals surface area contributed by atoms with Crippen LogP contribution in [0.25, 0.3) is 27.1 Å². The Hall–Kier alpha value is -5.49. The Bertz CT molecular complexity index is 2730. The van der Waals surface area contributed by atoms with Gasteiger partial charge in [-0.2, -0.15) is 4.58 Å². The lowest BCUT2D eigenvalue weighted by molar-refractivity contribution is -0.433. The molecular weight excluding hydrogens is 677 g/mol. The summed E-state index contributed by atoms with van der Waals surface area (Å²) in [5.74, 6) is 0. The molecule has 55 heavy (non-hydrogen) atoms. The normalized spacial score (nSPS) is 19.2. The Balaban J connectivity index is 1.32. The van der Waals surface area contributed by atoms with Gasteiger partial charge in [-0.3, -0.25) is 9.36 Å². The number of likely N-dealkylation sites (N-methyl/N-ethyl adjacent to an activating group) is 1. The van der Waals surface area contributed by atoms with E-state index in [0.29, 0.717) is 11.3 Å². The van der Waals surface area contributed by atoms with Gasteiger partial charge in [-0.25, -0.2) is 4.79 Å². The lowest BCUT2D eigenvalue weighted by atomic mass is 9.78. The largest absolute Gasteiger partial charge is 0.344 e. The fraction of sp³-hybridized carbons (Fsp3) is 0.327. The van der Waals surface area contributed by atoms with Crippen LogP contribution in [0.2, 0.25) is 0 Å². The predicted molar refractivity (Wildman–Crippen MR) is 230 cm³/mol. The van der Waals surface area contributed by atoms with E-state index in [1.54, 1.807) is 18.7 Å². The highest BCUT2D eigenvalue weighted by Gasteiger charge is 2.45. The molecule has 0 fully saturated rings. The van der Waals surface area contributed by atoms with E-state index < -0.39 is 0 Å². The molecule has 0 unspecified atom stereocenters. The standard InChI is InChI=1S/C49H53N4O2/c1-10-52-38-27-23-32-17-12-14-21-36(32)44(38)48(4,5)40(52)29-25-34-19-16-20-35(43(34)42-31(3)50(8)47(55)51(9)46(42)54)26-30-41-49(6,7)45-37-22-15-13-18-33(37)24-28-39(45)53(41)11-2/h12-15,17-18,21-30H,10-11,16,19-20H2,1-9H3/q+1. The van der Waals surface area contributed by atoms with Gasteiger partial charge in [0.2, 0.25) is 5.69 Å². The van der Waals surface area contributed by atoms with Gasteiger partial charge < -0.3 is 9.47 Å². The molecule has 4 aromatic carbocycles. The number of fused-ring (bicyclic) bond motifs is 6. The minimum atomic E-state index is -0.310. The van der Waals surface area contributed by atoms with Crippen molar-refractivity contribution in [2.24, 2.45) is 14.1 Å². The molecule has 8 rings (SSSR count). The number of allylic oxidation sites excluding steroid dienone is 8. The molecule has 1 aromatic heterocycles. The van der Waals surface area contributed by atoms with Gasteiger partial charge in [-0.1, -0.05) is 80.6 Å². The summed E-state index contributed by atoms with van der Waals surface area (Å²) in [4.78, 5) is 29.8. The lowest BCUT2D eigenvalue weighted by Gasteiger charge is -2.27. The van der Waals surface area contributed by atoms with Gasteiger partial charge in [0, 0.05) is 60.8 Å².